The number of aromatic nitrogens is 3. The van der Waals surface area contributed by atoms with Gasteiger partial charge in [-0.05, 0) is 19.3 Å². The average Bonchev–Trinajstić information content (AvgIpc) is 2.90. The molecule has 0 saturated carbocycles. The highest BCUT2D eigenvalue weighted by Gasteiger charge is 2.24. The summed E-state index contributed by atoms with van der Waals surface area (Å²) in [5.41, 5.74) is 6.13. The molecule has 0 spiro atoms. The van der Waals surface area contributed by atoms with Gasteiger partial charge in [-0.1, -0.05) is 6.92 Å². The number of aryl methyl sites for hydroxylation is 1. The fraction of sp³-hybridized carbons (Fsp3) is 0.818. The van der Waals surface area contributed by atoms with E-state index in [1.165, 1.54) is 0 Å². The Hall–Kier alpha value is -0.940. The number of nitrogens with zero attached hydrogens (tertiary/aromatic N) is 3. The Morgan fingerprint density at radius 1 is 1.69 bits per heavy atom. The van der Waals surface area contributed by atoms with E-state index in [1.54, 1.807) is 6.33 Å². The Morgan fingerprint density at radius 2 is 2.56 bits per heavy atom. The molecule has 1 aliphatic rings. The first-order valence-corrected chi connectivity index (χ1v) is 6.05. The van der Waals surface area contributed by atoms with Gasteiger partial charge in [-0.3, -0.25) is 4.68 Å². The van der Waals surface area contributed by atoms with Gasteiger partial charge in [0.05, 0.1) is 6.10 Å². The van der Waals surface area contributed by atoms with Crippen molar-refractivity contribution in [2.75, 3.05) is 6.61 Å². The molecule has 0 amide bonds. The quantitative estimate of drug-likeness (QED) is 0.801. The lowest BCUT2D eigenvalue weighted by Crippen LogP contribution is -2.37. The molecule has 5 nitrogen and oxygen atoms in total. The van der Waals surface area contributed by atoms with Gasteiger partial charge in [0.25, 0.3) is 0 Å². The van der Waals surface area contributed by atoms with Crippen LogP contribution in [0.4, 0.5) is 0 Å². The summed E-state index contributed by atoms with van der Waals surface area (Å²) >= 11 is 0. The third-order valence-electron chi connectivity index (χ3n) is 2.99. The van der Waals surface area contributed by atoms with Gasteiger partial charge in [0, 0.05) is 25.6 Å². The molecule has 2 unspecified atom stereocenters. The van der Waals surface area contributed by atoms with Crippen LogP contribution in [-0.2, 0) is 17.7 Å². The minimum atomic E-state index is 0.0438. The molecule has 1 aromatic rings. The van der Waals surface area contributed by atoms with Crippen LogP contribution in [0.25, 0.3) is 0 Å². The normalized spacial score (nSPS) is 22.5. The van der Waals surface area contributed by atoms with E-state index in [0.29, 0.717) is 0 Å². The molecule has 0 bridgehead atoms. The molecule has 90 valence electrons. The van der Waals surface area contributed by atoms with Crippen LogP contribution in [0.3, 0.4) is 0 Å². The van der Waals surface area contributed by atoms with Crippen molar-refractivity contribution in [2.24, 2.45) is 5.73 Å². The van der Waals surface area contributed by atoms with Crippen molar-refractivity contribution < 1.29 is 4.74 Å². The average molecular weight is 224 g/mol. The minimum absolute atomic E-state index is 0.0438. The first-order chi connectivity index (χ1) is 7.81. The van der Waals surface area contributed by atoms with Crippen molar-refractivity contribution in [3.8, 4) is 0 Å². The number of rotatable bonds is 5. The lowest BCUT2D eigenvalue weighted by Gasteiger charge is -2.18. The van der Waals surface area contributed by atoms with Gasteiger partial charge in [-0.25, -0.2) is 4.98 Å². The maximum Gasteiger partial charge on any atom is 0.138 e. The van der Waals surface area contributed by atoms with E-state index in [0.717, 1.165) is 44.7 Å². The number of hydrogen-bond acceptors (Lipinski definition) is 4. The molecule has 2 atom stereocenters. The van der Waals surface area contributed by atoms with Crippen molar-refractivity contribution in [1.82, 2.24) is 14.8 Å². The van der Waals surface area contributed by atoms with Crippen molar-refractivity contribution in [1.29, 1.82) is 0 Å². The van der Waals surface area contributed by atoms with Gasteiger partial charge in [0.2, 0.25) is 0 Å². The summed E-state index contributed by atoms with van der Waals surface area (Å²) in [6, 6.07) is 0.0438. The zero-order chi connectivity index (χ0) is 11.4. The van der Waals surface area contributed by atoms with E-state index in [9.17, 15) is 0 Å². The second-order valence-electron chi connectivity index (χ2n) is 4.32. The fourth-order valence-corrected chi connectivity index (χ4v) is 2.13. The fourth-order valence-electron chi connectivity index (χ4n) is 2.13. The molecule has 1 fully saturated rings. The number of hydrogen-bond donors (Lipinski definition) is 1. The Balaban J connectivity index is 1.94. The summed E-state index contributed by atoms with van der Waals surface area (Å²) in [7, 11) is 0. The minimum Gasteiger partial charge on any atom is -0.377 e. The smallest absolute Gasteiger partial charge is 0.138 e. The van der Waals surface area contributed by atoms with E-state index < -0.39 is 0 Å². The Morgan fingerprint density at radius 3 is 3.25 bits per heavy atom. The molecule has 2 N–H and O–H groups in total. The van der Waals surface area contributed by atoms with Gasteiger partial charge < -0.3 is 10.5 Å². The van der Waals surface area contributed by atoms with Gasteiger partial charge >= 0.3 is 0 Å². The topological polar surface area (TPSA) is 66.0 Å². The lowest BCUT2D eigenvalue weighted by atomic mass is 10.1. The standard InChI is InChI=1S/C11H20N4O/c1-2-5-15-11(13-8-14-15)7-9(12)10-4-3-6-16-10/h8-10H,2-7,12H2,1H3. The third-order valence-corrected chi connectivity index (χ3v) is 2.99. The van der Waals surface area contributed by atoms with Crippen molar-refractivity contribution in [2.45, 2.75) is 51.3 Å². The molecule has 0 aliphatic carbocycles. The number of ether oxygens (including phenoxy) is 1. The third kappa shape index (κ3) is 2.59. The Labute approximate surface area is 96.0 Å². The van der Waals surface area contributed by atoms with Gasteiger partial charge in [0.1, 0.15) is 12.2 Å². The molecule has 2 heterocycles. The summed E-state index contributed by atoms with van der Waals surface area (Å²) < 4.78 is 7.52. The van der Waals surface area contributed by atoms with E-state index in [2.05, 4.69) is 17.0 Å². The van der Waals surface area contributed by atoms with Crippen LogP contribution in [0.1, 0.15) is 32.0 Å². The predicted molar refractivity (Wildman–Crippen MR) is 61.0 cm³/mol. The highest BCUT2D eigenvalue weighted by Crippen LogP contribution is 2.16. The van der Waals surface area contributed by atoms with E-state index >= 15 is 0 Å². The van der Waals surface area contributed by atoms with Gasteiger partial charge in [0.15, 0.2) is 0 Å². The first-order valence-electron chi connectivity index (χ1n) is 6.05. The lowest BCUT2D eigenvalue weighted by molar-refractivity contribution is 0.0891. The molecule has 0 aromatic carbocycles. The van der Waals surface area contributed by atoms with Gasteiger partial charge in [-0.2, -0.15) is 5.10 Å². The highest BCUT2D eigenvalue weighted by atomic mass is 16.5. The van der Waals surface area contributed by atoms with Crippen LogP contribution in [-0.4, -0.2) is 33.5 Å². The van der Waals surface area contributed by atoms with Crippen molar-refractivity contribution >= 4 is 0 Å². The second-order valence-corrected chi connectivity index (χ2v) is 4.32. The molecule has 1 saturated heterocycles. The Kier molecular flexibility index (Phi) is 3.90. The highest BCUT2D eigenvalue weighted by molar-refractivity contribution is 4.92. The van der Waals surface area contributed by atoms with Crippen LogP contribution >= 0.6 is 0 Å². The second kappa shape index (κ2) is 5.41. The SMILES string of the molecule is CCCn1ncnc1CC(N)C1CCCO1. The monoisotopic (exact) mass is 224 g/mol. The maximum absolute atomic E-state index is 6.13. The molecule has 1 aromatic heterocycles. The van der Waals surface area contributed by atoms with Crippen LogP contribution in [0.2, 0.25) is 0 Å². The van der Waals surface area contributed by atoms with Crippen LogP contribution in [0.5, 0.6) is 0 Å². The molecular weight excluding hydrogens is 204 g/mol. The van der Waals surface area contributed by atoms with Crippen molar-refractivity contribution in [3.05, 3.63) is 12.2 Å². The molecule has 1 aliphatic heterocycles. The molecule has 2 rings (SSSR count). The predicted octanol–water partition coefficient (Wildman–Crippen LogP) is 0.737. The molecular formula is C11H20N4O. The molecule has 0 radical (unpaired) electrons. The maximum atomic E-state index is 6.13. The largest absolute Gasteiger partial charge is 0.377 e. The summed E-state index contributed by atoms with van der Waals surface area (Å²) in [5.74, 6) is 0.977. The van der Waals surface area contributed by atoms with Crippen LogP contribution in [0.15, 0.2) is 6.33 Å². The summed E-state index contributed by atoms with van der Waals surface area (Å²) in [4.78, 5) is 4.26. The summed E-state index contributed by atoms with van der Waals surface area (Å²) in [5, 5.41) is 4.19. The van der Waals surface area contributed by atoms with Crippen LogP contribution in [0, 0.1) is 0 Å². The zero-order valence-electron chi connectivity index (χ0n) is 9.80. The summed E-state index contributed by atoms with van der Waals surface area (Å²) in [6.45, 7) is 3.89. The van der Waals surface area contributed by atoms with E-state index in [1.807, 2.05) is 4.68 Å². The molecule has 5 heteroatoms. The van der Waals surface area contributed by atoms with Crippen molar-refractivity contribution in [3.63, 3.8) is 0 Å². The summed E-state index contributed by atoms with van der Waals surface area (Å²) in [6.07, 6.45) is 5.82. The van der Waals surface area contributed by atoms with Crippen LogP contribution < -0.4 is 5.73 Å². The number of nitrogens with two attached hydrogens (primary N) is 1. The van der Waals surface area contributed by atoms with Gasteiger partial charge in [-0.15, -0.1) is 0 Å². The zero-order valence-corrected chi connectivity index (χ0v) is 9.80. The van der Waals surface area contributed by atoms with E-state index in [-0.39, 0.29) is 12.1 Å². The van der Waals surface area contributed by atoms with E-state index in [4.69, 9.17) is 10.5 Å². The Bertz CT molecular complexity index is 320. The first kappa shape index (κ1) is 11.5. The molecule has 16 heavy (non-hydrogen) atoms.